The number of methoxy groups -OCH3 is 1. The summed E-state index contributed by atoms with van der Waals surface area (Å²) in [5.74, 6) is -1.46. The molecule has 2 aromatic rings. The standard InChI is InChI=1S/C15H13NO4/c1-20-15(19)10-4-2-9(3-5-10)11-6-12(14(17)18)8-13(16)7-11/h2-8H,16H2,1H3,(H,17,18). The second-order valence-corrected chi connectivity index (χ2v) is 4.22. The molecule has 0 atom stereocenters. The van der Waals surface area contributed by atoms with E-state index in [0.29, 0.717) is 16.8 Å². The summed E-state index contributed by atoms with van der Waals surface area (Å²) in [5.41, 5.74) is 8.07. The van der Waals surface area contributed by atoms with Gasteiger partial charge in [-0.2, -0.15) is 0 Å². The van der Waals surface area contributed by atoms with Gasteiger partial charge in [0.25, 0.3) is 0 Å². The van der Waals surface area contributed by atoms with Crippen LogP contribution in [0.2, 0.25) is 0 Å². The van der Waals surface area contributed by atoms with Crippen molar-refractivity contribution in [2.24, 2.45) is 0 Å². The molecule has 0 aliphatic heterocycles. The van der Waals surface area contributed by atoms with Gasteiger partial charge in [-0.15, -0.1) is 0 Å². The van der Waals surface area contributed by atoms with Gasteiger partial charge in [0.1, 0.15) is 0 Å². The lowest BCUT2D eigenvalue weighted by Crippen LogP contribution is -2.01. The van der Waals surface area contributed by atoms with E-state index in [0.717, 1.165) is 5.56 Å². The van der Waals surface area contributed by atoms with Gasteiger partial charge < -0.3 is 15.6 Å². The van der Waals surface area contributed by atoms with E-state index in [4.69, 9.17) is 10.8 Å². The van der Waals surface area contributed by atoms with Crippen molar-refractivity contribution in [2.45, 2.75) is 0 Å². The van der Waals surface area contributed by atoms with E-state index in [9.17, 15) is 9.59 Å². The topological polar surface area (TPSA) is 89.6 Å². The summed E-state index contributed by atoms with van der Waals surface area (Å²) in [4.78, 5) is 22.3. The highest BCUT2D eigenvalue weighted by Crippen LogP contribution is 2.24. The first-order valence-corrected chi connectivity index (χ1v) is 5.84. The molecular formula is C15H13NO4. The Morgan fingerprint density at radius 3 is 2.20 bits per heavy atom. The molecule has 20 heavy (non-hydrogen) atoms. The zero-order valence-electron chi connectivity index (χ0n) is 10.8. The number of ether oxygens (including phenoxy) is 1. The number of nitrogens with two attached hydrogens (primary N) is 1. The van der Waals surface area contributed by atoms with Crippen molar-refractivity contribution in [2.75, 3.05) is 12.8 Å². The lowest BCUT2D eigenvalue weighted by atomic mass is 10.0. The maximum Gasteiger partial charge on any atom is 0.337 e. The highest BCUT2D eigenvalue weighted by Gasteiger charge is 2.09. The SMILES string of the molecule is COC(=O)c1ccc(-c2cc(N)cc(C(=O)O)c2)cc1. The molecule has 0 fully saturated rings. The minimum absolute atomic E-state index is 0.122. The zero-order valence-corrected chi connectivity index (χ0v) is 10.8. The van der Waals surface area contributed by atoms with Crippen LogP contribution in [0.3, 0.4) is 0 Å². The van der Waals surface area contributed by atoms with Gasteiger partial charge in [0, 0.05) is 5.69 Å². The van der Waals surface area contributed by atoms with E-state index < -0.39 is 11.9 Å². The van der Waals surface area contributed by atoms with Crippen LogP contribution in [0.5, 0.6) is 0 Å². The van der Waals surface area contributed by atoms with Gasteiger partial charge in [-0.05, 0) is 41.5 Å². The third-order valence-electron chi connectivity index (χ3n) is 2.84. The summed E-state index contributed by atoms with van der Waals surface area (Å²) in [5, 5.41) is 9.01. The summed E-state index contributed by atoms with van der Waals surface area (Å²) in [7, 11) is 1.31. The van der Waals surface area contributed by atoms with Crippen molar-refractivity contribution >= 4 is 17.6 Å². The maximum atomic E-state index is 11.3. The first-order valence-electron chi connectivity index (χ1n) is 5.84. The summed E-state index contributed by atoms with van der Waals surface area (Å²) < 4.78 is 4.61. The summed E-state index contributed by atoms with van der Waals surface area (Å²) >= 11 is 0. The van der Waals surface area contributed by atoms with Gasteiger partial charge in [0.15, 0.2) is 0 Å². The van der Waals surface area contributed by atoms with Crippen molar-refractivity contribution in [3.63, 3.8) is 0 Å². The highest BCUT2D eigenvalue weighted by molar-refractivity contribution is 5.92. The molecule has 0 aromatic heterocycles. The van der Waals surface area contributed by atoms with Crippen LogP contribution in [0.4, 0.5) is 5.69 Å². The van der Waals surface area contributed by atoms with Crippen LogP contribution in [0, 0.1) is 0 Å². The molecule has 5 heteroatoms. The Bertz CT molecular complexity index is 662. The molecule has 0 aliphatic carbocycles. The molecule has 0 bridgehead atoms. The lowest BCUT2D eigenvalue weighted by molar-refractivity contribution is 0.0600. The molecular weight excluding hydrogens is 258 g/mol. The largest absolute Gasteiger partial charge is 0.478 e. The van der Waals surface area contributed by atoms with Gasteiger partial charge in [0.05, 0.1) is 18.2 Å². The number of benzene rings is 2. The molecule has 102 valence electrons. The Balaban J connectivity index is 2.41. The smallest absolute Gasteiger partial charge is 0.337 e. The molecule has 0 radical (unpaired) electrons. The molecule has 0 heterocycles. The van der Waals surface area contributed by atoms with E-state index in [1.165, 1.54) is 19.2 Å². The number of rotatable bonds is 3. The first-order chi connectivity index (χ1) is 9.51. The maximum absolute atomic E-state index is 11.3. The number of carbonyl (C=O) groups is 2. The Hall–Kier alpha value is -2.82. The fourth-order valence-electron chi connectivity index (χ4n) is 1.86. The second kappa shape index (κ2) is 5.44. The number of esters is 1. The van der Waals surface area contributed by atoms with Crippen LogP contribution < -0.4 is 5.73 Å². The van der Waals surface area contributed by atoms with Crippen molar-refractivity contribution < 1.29 is 19.4 Å². The van der Waals surface area contributed by atoms with Crippen LogP contribution >= 0.6 is 0 Å². The number of carboxylic acid groups (broad SMARTS) is 1. The molecule has 0 amide bonds. The summed E-state index contributed by atoms with van der Waals surface area (Å²) in [6, 6.07) is 11.3. The van der Waals surface area contributed by atoms with E-state index >= 15 is 0 Å². The first kappa shape index (κ1) is 13.6. The predicted octanol–water partition coefficient (Wildman–Crippen LogP) is 2.42. The fraction of sp³-hybridized carbons (Fsp3) is 0.0667. The summed E-state index contributed by atoms with van der Waals surface area (Å²) in [6.45, 7) is 0. The van der Waals surface area contributed by atoms with Gasteiger partial charge in [-0.25, -0.2) is 9.59 Å². The molecule has 0 saturated carbocycles. The van der Waals surface area contributed by atoms with Crippen LogP contribution in [0.15, 0.2) is 42.5 Å². The lowest BCUT2D eigenvalue weighted by Gasteiger charge is -2.06. The second-order valence-electron chi connectivity index (χ2n) is 4.22. The van der Waals surface area contributed by atoms with Gasteiger partial charge >= 0.3 is 11.9 Å². The number of aromatic carboxylic acids is 1. The fourth-order valence-corrected chi connectivity index (χ4v) is 1.86. The van der Waals surface area contributed by atoms with Crippen LogP contribution in [-0.4, -0.2) is 24.2 Å². The molecule has 3 N–H and O–H groups in total. The Kier molecular flexibility index (Phi) is 3.70. The van der Waals surface area contributed by atoms with E-state index in [1.807, 2.05) is 0 Å². The van der Waals surface area contributed by atoms with Gasteiger partial charge in [0.2, 0.25) is 0 Å². The van der Waals surface area contributed by atoms with E-state index in [1.54, 1.807) is 30.3 Å². The number of carboxylic acids is 1. The third kappa shape index (κ3) is 2.77. The Morgan fingerprint density at radius 2 is 1.65 bits per heavy atom. The number of nitrogen functional groups attached to an aromatic ring is 1. The Morgan fingerprint density at radius 1 is 1.00 bits per heavy atom. The van der Waals surface area contributed by atoms with E-state index in [-0.39, 0.29) is 5.56 Å². The quantitative estimate of drug-likeness (QED) is 0.661. The van der Waals surface area contributed by atoms with Crippen LogP contribution in [-0.2, 0) is 4.74 Å². The van der Waals surface area contributed by atoms with Crippen molar-refractivity contribution in [3.8, 4) is 11.1 Å². The minimum Gasteiger partial charge on any atom is -0.478 e. The zero-order chi connectivity index (χ0) is 14.7. The Labute approximate surface area is 115 Å². The summed E-state index contributed by atoms with van der Waals surface area (Å²) in [6.07, 6.45) is 0. The predicted molar refractivity (Wildman–Crippen MR) is 74.6 cm³/mol. The molecule has 2 aromatic carbocycles. The number of carbonyl (C=O) groups excluding carboxylic acids is 1. The normalized spacial score (nSPS) is 10.1. The molecule has 0 spiro atoms. The van der Waals surface area contributed by atoms with Gasteiger partial charge in [-0.1, -0.05) is 12.1 Å². The minimum atomic E-state index is -1.04. The van der Waals surface area contributed by atoms with Gasteiger partial charge in [-0.3, -0.25) is 0 Å². The molecule has 5 nitrogen and oxygen atoms in total. The monoisotopic (exact) mass is 271 g/mol. The number of hydrogen-bond acceptors (Lipinski definition) is 4. The third-order valence-corrected chi connectivity index (χ3v) is 2.84. The van der Waals surface area contributed by atoms with Crippen molar-refractivity contribution in [1.29, 1.82) is 0 Å². The van der Waals surface area contributed by atoms with Crippen LogP contribution in [0.1, 0.15) is 20.7 Å². The number of anilines is 1. The molecule has 2 rings (SSSR count). The average Bonchev–Trinajstić information content (AvgIpc) is 2.46. The molecule has 0 aliphatic rings. The van der Waals surface area contributed by atoms with Crippen molar-refractivity contribution in [1.82, 2.24) is 0 Å². The van der Waals surface area contributed by atoms with E-state index in [2.05, 4.69) is 4.74 Å². The number of hydrogen-bond donors (Lipinski definition) is 2. The average molecular weight is 271 g/mol. The van der Waals surface area contributed by atoms with Crippen LogP contribution in [0.25, 0.3) is 11.1 Å². The van der Waals surface area contributed by atoms with Crippen molar-refractivity contribution in [3.05, 3.63) is 53.6 Å². The molecule has 0 saturated heterocycles. The molecule has 0 unspecified atom stereocenters. The highest BCUT2D eigenvalue weighted by atomic mass is 16.5.